The summed E-state index contributed by atoms with van der Waals surface area (Å²) in [6, 6.07) is 0. The highest BCUT2D eigenvalue weighted by atomic mass is 19.4. The first kappa shape index (κ1) is 13.1. The van der Waals surface area contributed by atoms with E-state index < -0.39 is 42.5 Å². The Bertz CT molecular complexity index is 274. The van der Waals surface area contributed by atoms with E-state index in [2.05, 4.69) is 0 Å². The van der Waals surface area contributed by atoms with Gasteiger partial charge in [0.1, 0.15) is 0 Å². The minimum atomic E-state index is -5.59. The summed E-state index contributed by atoms with van der Waals surface area (Å²) in [5.41, 5.74) is -2.73. The lowest BCUT2D eigenvalue weighted by Crippen LogP contribution is -2.56. The van der Waals surface area contributed by atoms with Crippen molar-refractivity contribution in [3.05, 3.63) is 0 Å². The van der Waals surface area contributed by atoms with Crippen molar-refractivity contribution >= 4 is 5.97 Å². The summed E-state index contributed by atoms with van der Waals surface area (Å²) in [6.45, 7) is 0. The largest absolute Gasteiger partial charge is 0.481 e. The van der Waals surface area contributed by atoms with Crippen LogP contribution in [0.5, 0.6) is 0 Å². The number of carbonyl (C=O) groups is 1. The lowest BCUT2D eigenvalue weighted by atomic mass is 9.60. The lowest BCUT2D eigenvalue weighted by Gasteiger charge is -2.44. The minimum absolute atomic E-state index is 0.0644. The summed E-state index contributed by atoms with van der Waals surface area (Å²) in [6.07, 6.45) is -12.3. The van der Waals surface area contributed by atoms with Gasteiger partial charge in [0.2, 0.25) is 0 Å². The molecule has 8 heteroatoms. The summed E-state index contributed by atoms with van der Waals surface area (Å²) in [5.74, 6) is -5.81. The Kier molecular flexibility index (Phi) is 2.89. The van der Waals surface area contributed by atoms with Crippen LogP contribution in [0.15, 0.2) is 0 Å². The summed E-state index contributed by atoms with van der Waals surface area (Å²) in [4.78, 5) is 10.6. The fourth-order valence-electron chi connectivity index (χ4n) is 2.00. The monoisotopic (exact) mass is 250 g/mol. The summed E-state index contributed by atoms with van der Waals surface area (Å²) in [7, 11) is 0. The van der Waals surface area contributed by atoms with E-state index in [1.54, 1.807) is 0 Å². The third-order valence-corrected chi connectivity index (χ3v) is 2.88. The van der Waals surface area contributed by atoms with E-state index in [4.69, 9.17) is 5.11 Å². The smallest absolute Gasteiger partial charge is 0.401 e. The molecular formula is C8H8F6O2. The molecule has 1 rings (SSSR count). The molecule has 1 fully saturated rings. The summed E-state index contributed by atoms with van der Waals surface area (Å²) < 4.78 is 73.9. The molecule has 0 amide bonds. The molecule has 0 unspecified atom stereocenters. The van der Waals surface area contributed by atoms with Crippen molar-refractivity contribution in [3.8, 4) is 0 Å². The number of rotatable bonds is 2. The van der Waals surface area contributed by atoms with Crippen LogP contribution in [0.2, 0.25) is 0 Å². The topological polar surface area (TPSA) is 37.3 Å². The second kappa shape index (κ2) is 3.53. The number of hydrogen-bond donors (Lipinski definition) is 1. The van der Waals surface area contributed by atoms with E-state index in [0.29, 0.717) is 0 Å². The van der Waals surface area contributed by atoms with Crippen LogP contribution in [-0.4, -0.2) is 23.4 Å². The van der Waals surface area contributed by atoms with E-state index in [1.807, 2.05) is 0 Å². The average Bonchev–Trinajstić information content (AvgIpc) is 1.89. The first-order valence-corrected chi connectivity index (χ1v) is 4.38. The average molecular weight is 250 g/mol. The molecule has 1 N–H and O–H groups in total. The second-order valence-corrected chi connectivity index (χ2v) is 3.83. The highest BCUT2D eigenvalue weighted by Crippen LogP contribution is 2.58. The first-order valence-electron chi connectivity index (χ1n) is 4.38. The van der Waals surface area contributed by atoms with Gasteiger partial charge in [-0.05, 0) is 12.8 Å². The molecule has 0 aromatic heterocycles. The third kappa shape index (κ3) is 1.97. The first-order chi connectivity index (χ1) is 7.02. The third-order valence-electron chi connectivity index (χ3n) is 2.88. The minimum Gasteiger partial charge on any atom is -0.481 e. The van der Waals surface area contributed by atoms with Gasteiger partial charge < -0.3 is 5.11 Å². The van der Waals surface area contributed by atoms with Gasteiger partial charge in [0, 0.05) is 0 Å². The molecular weight excluding hydrogens is 242 g/mol. The van der Waals surface area contributed by atoms with Crippen molar-refractivity contribution in [3.63, 3.8) is 0 Å². The zero-order valence-electron chi connectivity index (χ0n) is 7.82. The van der Waals surface area contributed by atoms with Crippen molar-refractivity contribution < 1.29 is 36.2 Å². The lowest BCUT2D eigenvalue weighted by molar-refractivity contribution is -0.323. The molecule has 0 atom stereocenters. The van der Waals surface area contributed by atoms with Gasteiger partial charge in [0.05, 0.1) is 5.41 Å². The molecule has 0 heterocycles. The number of hydrogen-bond acceptors (Lipinski definition) is 1. The van der Waals surface area contributed by atoms with Crippen molar-refractivity contribution in [2.24, 2.45) is 11.3 Å². The predicted octanol–water partition coefficient (Wildman–Crippen LogP) is 2.98. The van der Waals surface area contributed by atoms with Gasteiger partial charge in [-0.25, -0.2) is 0 Å². The quantitative estimate of drug-likeness (QED) is 0.765. The fraction of sp³-hybridized carbons (Fsp3) is 0.875. The normalized spacial score (nSPS) is 20.7. The highest BCUT2D eigenvalue weighted by molar-refractivity contribution is 5.76. The zero-order valence-corrected chi connectivity index (χ0v) is 7.82. The van der Waals surface area contributed by atoms with Gasteiger partial charge in [-0.3, -0.25) is 4.79 Å². The van der Waals surface area contributed by atoms with Crippen LogP contribution in [0.4, 0.5) is 26.3 Å². The number of carboxylic acids is 1. The molecule has 1 saturated carbocycles. The SMILES string of the molecule is O=C(O)C1(C(C(F)(F)F)C(F)(F)F)CCC1. The van der Waals surface area contributed by atoms with E-state index in [-0.39, 0.29) is 6.42 Å². The maximum Gasteiger partial charge on any atom is 0.401 e. The van der Waals surface area contributed by atoms with Crippen LogP contribution in [0.25, 0.3) is 0 Å². The van der Waals surface area contributed by atoms with Gasteiger partial charge in [-0.2, -0.15) is 26.3 Å². The standard InChI is InChI=1S/C8H8F6O2/c9-7(10,11)4(8(12,13)14)6(5(15)16)2-1-3-6/h4H,1-3H2,(H,15,16). The van der Waals surface area contributed by atoms with E-state index >= 15 is 0 Å². The molecule has 0 saturated heterocycles. The van der Waals surface area contributed by atoms with Crippen LogP contribution in [0, 0.1) is 11.3 Å². The van der Waals surface area contributed by atoms with Gasteiger partial charge in [0.25, 0.3) is 0 Å². The molecule has 0 aliphatic heterocycles. The molecule has 0 spiro atoms. The van der Waals surface area contributed by atoms with Gasteiger partial charge in [-0.15, -0.1) is 0 Å². The number of aliphatic carboxylic acids is 1. The Hall–Kier alpha value is -0.950. The summed E-state index contributed by atoms with van der Waals surface area (Å²) in [5, 5.41) is 8.58. The molecule has 94 valence electrons. The molecule has 1 aliphatic rings. The van der Waals surface area contributed by atoms with E-state index in [1.165, 1.54) is 0 Å². The molecule has 0 aromatic carbocycles. The molecule has 2 nitrogen and oxygen atoms in total. The number of alkyl halides is 6. The van der Waals surface area contributed by atoms with Crippen LogP contribution < -0.4 is 0 Å². The van der Waals surface area contributed by atoms with E-state index in [0.717, 1.165) is 0 Å². The Balaban J connectivity index is 3.16. The van der Waals surface area contributed by atoms with Gasteiger partial charge in [-0.1, -0.05) is 6.42 Å². The Morgan fingerprint density at radius 3 is 1.50 bits per heavy atom. The maximum atomic E-state index is 12.3. The van der Waals surface area contributed by atoms with Crippen molar-refractivity contribution in [1.82, 2.24) is 0 Å². The number of carboxylic acid groups (broad SMARTS) is 1. The van der Waals surface area contributed by atoms with Gasteiger partial charge in [0.15, 0.2) is 5.92 Å². The van der Waals surface area contributed by atoms with Crippen LogP contribution in [-0.2, 0) is 4.79 Å². The molecule has 0 radical (unpaired) electrons. The Morgan fingerprint density at radius 1 is 1.06 bits per heavy atom. The fourth-order valence-corrected chi connectivity index (χ4v) is 2.00. The highest BCUT2D eigenvalue weighted by Gasteiger charge is 2.70. The van der Waals surface area contributed by atoms with Crippen LogP contribution in [0.1, 0.15) is 19.3 Å². The van der Waals surface area contributed by atoms with Gasteiger partial charge >= 0.3 is 18.3 Å². The van der Waals surface area contributed by atoms with E-state index in [9.17, 15) is 31.1 Å². The van der Waals surface area contributed by atoms with Crippen LogP contribution >= 0.6 is 0 Å². The number of halogens is 6. The predicted molar refractivity (Wildman–Crippen MR) is 39.5 cm³/mol. The van der Waals surface area contributed by atoms with Crippen molar-refractivity contribution in [2.75, 3.05) is 0 Å². The molecule has 0 bridgehead atoms. The molecule has 1 aliphatic carbocycles. The second-order valence-electron chi connectivity index (χ2n) is 3.83. The van der Waals surface area contributed by atoms with Crippen molar-refractivity contribution in [1.29, 1.82) is 0 Å². The zero-order chi connectivity index (χ0) is 12.8. The summed E-state index contributed by atoms with van der Waals surface area (Å²) >= 11 is 0. The molecule has 16 heavy (non-hydrogen) atoms. The molecule has 0 aromatic rings. The Morgan fingerprint density at radius 2 is 1.44 bits per heavy atom. The maximum absolute atomic E-state index is 12.3. The Labute approximate surface area is 86.2 Å². The van der Waals surface area contributed by atoms with Crippen LogP contribution in [0.3, 0.4) is 0 Å². The van der Waals surface area contributed by atoms with Crippen molar-refractivity contribution in [2.45, 2.75) is 31.6 Å².